The fraction of sp³-hybridized carbons (Fsp3) is 0.538. The number of hydrogen-bond donors (Lipinski definition) is 2. The molecule has 0 amide bonds. The molecule has 1 aliphatic rings. The van der Waals surface area contributed by atoms with E-state index in [1.807, 2.05) is 0 Å². The molecule has 1 aromatic heterocycles. The molecule has 1 aromatic rings. The lowest BCUT2D eigenvalue weighted by atomic mass is 9.83. The largest absolute Gasteiger partial charge is 0.316 e. The molecule has 0 saturated carbocycles. The molecule has 2 heterocycles. The molecular weight excluding hydrogens is 276 g/mol. The van der Waals surface area contributed by atoms with Crippen molar-refractivity contribution < 1.29 is 8.42 Å². The van der Waals surface area contributed by atoms with Crippen molar-refractivity contribution >= 4 is 10.0 Å². The topological polar surface area (TPSA) is 94.9 Å². The van der Waals surface area contributed by atoms with Gasteiger partial charge in [-0.05, 0) is 36.9 Å². The van der Waals surface area contributed by atoms with Gasteiger partial charge in [-0.25, -0.2) is 18.1 Å². The predicted molar refractivity (Wildman–Crippen MR) is 74.4 cm³/mol. The summed E-state index contributed by atoms with van der Waals surface area (Å²) >= 11 is 0. The monoisotopic (exact) mass is 294 g/mol. The number of aromatic nitrogens is 1. The Balaban J connectivity index is 2.14. The molecule has 0 aliphatic carbocycles. The fourth-order valence-corrected chi connectivity index (χ4v) is 3.61. The van der Waals surface area contributed by atoms with Gasteiger partial charge < -0.3 is 5.32 Å². The first-order valence-electron chi connectivity index (χ1n) is 6.52. The predicted octanol–water partition coefficient (Wildman–Crippen LogP) is 0.621. The molecule has 6 nitrogen and oxygen atoms in total. The van der Waals surface area contributed by atoms with Gasteiger partial charge in [0.2, 0.25) is 10.0 Å². The summed E-state index contributed by atoms with van der Waals surface area (Å²) in [6.07, 6.45) is 3.42. The standard InChI is InChI=1S/C13H18N4O2S/c1-13(5-3-6-15-9-13)10-17-20(18,19)12-4-2-7-16-11(12)8-14/h2,4,7,15,17H,3,5-6,9-10H2,1H3. The summed E-state index contributed by atoms with van der Waals surface area (Å²) in [5.41, 5.74) is -0.174. The second-order valence-electron chi connectivity index (χ2n) is 5.38. The van der Waals surface area contributed by atoms with Crippen molar-refractivity contribution in [3.8, 4) is 6.07 Å². The van der Waals surface area contributed by atoms with Gasteiger partial charge in [-0.2, -0.15) is 5.26 Å². The minimum atomic E-state index is -3.70. The minimum absolute atomic E-state index is 0.0603. The highest BCUT2D eigenvalue weighted by molar-refractivity contribution is 7.89. The van der Waals surface area contributed by atoms with Crippen LogP contribution in [0.25, 0.3) is 0 Å². The van der Waals surface area contributed by atoms with Crippen LogP contribution in [0.15, 0.2) is 23.2 Å². The lowest BCUT2D eigenvalue weighted by Gasteiger charge is -2.34. The van der Waals surface area contributed by atoms with E-state index >= 15 is 0 Å². The van der Waals surface area contributed by atoms with E-state index in [2.05, 4.69) is 21.9 Å². The third kappa shape index (κ3) is 3.33. The van der Waals surface area contributed by atoms with Crippen molar-refractivity contribution in [2.75, 3.05) is 19.6 Å². The molecule has 1 saturated heterocycles. The van der Waals surface area contributed by atoms with Crippen molar-refractivity contribution in [3.05, 3.63) is 24.0 Å². The molecule has 7 heteroatoms. The summed E-state index contributed by atoms with van der Waals surface area (Å²) in [6.45, 7) is 4.16. The second kappa shape index (κ2) is 5.87. The van der Waals surface area contributed by atoms with Gasteiger partial charge in [-0.3, -0.25) is 0 Å². The first-order valence-corrected chi connectivity index (χ1v) is 8.01. The third-order valence-corrected chi connectivity index (χ3v) is 4.97. The van der Waals surface area contributed by atoms with Crippen LogP contribution in [0.1, 0.15) is 25.5 Å². The molecule has 0 spiro atoms. The van der Waals surface area contributed by atoms with Gasteiger partial charge in [-0.1, -0.05) is 6.92 Å². The summed E-state index contributed by atoms with van der Waals surface area (Å²) in [6, 6.07) is 4.72. The van der Waals surface area contributed by atoms with Gasteiger partial charge in [-0.15, -0.1) is 0 Å². The van der Waals surface area contributed by atoms with Crippen LogP contribution in [0.2, 0.25) is 0 Å². The van der Waals surface area contributed by atoms with Crippen molar-refractivity contribution in [1.29, 1.82) is 5.26 Å². The molecule has 1 atom stereocenters. The van der Waals surface area contributed by atoms with Crippen LogP contribution in [0.3, 0.4) is 0 Å². The third-order valence-electron chi connectivity index (χ3n) is 3.54. The fourth-order valence-electron chi connectivity index (χ4n) is 2.31. The molecule has 2 N–H and O–H groups in total. The molecule has 1 fully saturated rings. The van der Waals surface area contributed by atoms with Crippen LogP contribution in [0.5, 0.6) is 0 Å². The molecule has 1 unspecified atom stereocenters. The normalized spacial score (nSPS) is 23.2. The SMILES string of the molecule is CC1(CNS(=O)(=O)c2cccnc2C#N)CCCNC1. The van der Waals surface area contributed by atoms with Gasteiger partial charge in [0, 0.05) is 19.3 Å². The van der Waals surface area contributed by atoms with E-state index in [0.29, 0.717) is 6.54 Å². The van der Waals surface area contributed by atoms with Crippen molar-refractivity contribution in [2.45, 2.75) is 24.7 Å². The van der Waals surface area contributed by atoms with Gasteiger partial charge in [0.25, 0.3) is 0 Å². The van der Waals surface area contributed by atoms with Crippen molar-refractivity contribution in [3.63, 3.8) is 0 Å². The average Bonchev–Trinajstić information content (AvgIpc) is 2.46. The number of pyridine rings is 1. The highest BCUT2D eigenvalue weighted by Gasteiger charge is 2.29. The van der Waals surface area contributed by atoms with Gasteiger partial charge in [0.1, 0.15) is 11.0 Å². The van der Waals surface area contributed by atoms with E-state index in [-0.39, 0.29) is 16.0 Å². The van der Waals surface area contributed by atoms with Crippen molar-refractivity contribution in [2.24, 2.45) is 5.41 Å². The summed E-state index contributed by atoms with van der Waals surface area (Å²) in [4.78, 5) is 3.72. The molecule has 1 aliphatic heterocycles. The summed E-state index contributed by atoms with van der Waals surface area (Å²) in [7, 11) is -3.70. The van der Waals surface area contributed by atoms with Crippen LogP contribution >= 0.6 is 0 Å². The minimum Gasteiger partial charge on any atom is -0.316 e. The Labute approximate surface area is 119 Å². The maximum atomic E-state index is 12.3. The lowest BCUT2D eigenvalue weighted by molar-refractivity contribution is 0.238. The summed E-state index contributed by atoms with van der Waals surface area (Å²) in [5, 5.41) is 12.2. The number of nitrogens with zero attached hydrogens (tertiary/aromatic N) is 2. The number of sulfonamides is 1. The number of piperidine rings is 1. The second-order valence-corrected chi connectivity index (χ2v) is 7.11. The van der Waals surface area contributed by atoms with E-state index < -0.39 is 10.0 Å². The Kier molecular flexibility index (Phi) is 4.38. The van der Waals surface area contributed by atoms with Crippen LogP contribution in [0.4, 0.5) is 0 Å². The maximum Gasteiger partial charge on any atom is 0.243 e. The Morgan fingerprint density at radius 3 is 3.05 bits per heavy atom. The van der Waals surface area contributed by atoms with E-state index in [1.165, 1.54) is 18.3 Å². The first kappa shape index (κ1) is 14.9. The van der Waals surface area contributed by atoms with E-state index in [9.17, 15) is 8.42 Å². The average molecular weight is 294 g/mol. The molecule has 20 heavy (non-hydrogen) atoms. The number of hydrogen-bond acceptors (Lipinski definition) is 5. The van der Waals surface area contributed by atoms with Crippen LogP contribution < -0.4 is 10.0 Å². The highest BCUT2D eigenvalue weighted by atomic mass is 32.2. The van der Waals surface area contributed by atoms with E-state index in [4.69, 9.17) is 5.26 Å². The molecule has 108 valence electrons. The zero-order valence-electron chi connectivity index (χ0n) is 11.4. The zero-order chi connectivity index (χ0) is 14.6. The maximum absolute atomic E-state index is 12.3. The van der Waals surface area contributed by atoms with Gasteiger partial charge in [0.05, 0.1) is 0 Å². The molecular formula is C13H18N4O2S. The molecule has 0 aromatic carbocycles. The molecule has 0 radical (unpaired) electrons. The highest BCUT2D eigenvalue weighted by Crippen LogP contribution is 2.25. The molecule has 0 bridgehead atoms. The van der Waals surface area contributed by atoms with Crippen molar-refractivity contribution in [1.82, 2.24) is 15.0 Å². The lowest BCUT2D eigenvalue weighted by Crippen LogP contribution is -2.45. The zero-order valence-corrected chi connectivity index (χ0v) is 12.2. The van der Waals surface area contributed by atoms with E-state index in [1.54, 1.807) is 6.07 Å². The Morgan fingerprint density at radius 1 is 1.60 bits per heavy atom. The Hall–Kier alpha value is -1.49. The summed E-state index contributed by atoms with van der Waals surface area (Å²) < 4.78 is 27.1. The quantitative estimate of drug-likeness (QED) is 0.849. The summed E-state index contributed by atoms with van der Waals surface area (Å²) in [5.74, 6) is 0. The van der Waals surface area contributed by atoms with Gasteiger partial charge in [0.15, 0.2) is 5.69 Å². The first-order chi connectivity index (χ1) is 9.47. The Morgan fingerprint density at radius 2 is 2.40 bits per heavy atom. The smallest absolute Gasteiger partial charge is 0.243 e. The van der Waals surface area contributed by atoms with Crippen LogP contribution in [-0.4, -0.2) is 33.0 Å². The number of rotatable bonds is 4. The molecule has 2 rings (SSSR count). The number of nitriles is 1. The van der Waals surface area contributed by atoms with E-state index in [0.717, 1.165) is 25.9 Å². The number of nitrogens with one attached hydrogen (secondary N) is 2. The van der Waals surface area contributed by atoms with Gasteiger partial charge >= 0.3 is 0 Å². The van der Waals surface area contributed by atoms with Crippen LogP contribution in [-0.2, 0) is 10.0 Å². The Bertz CT molecular complexity index is 616. The van der Waals surface area contributed by atoms with Crippen LogP contribution in [0, 0.1) is 16.7 Å².